The van der Waals surface area contributed by atoms with Gasteiger partial charge in [-0.2, -0.15) is 0 Å². The van der Waals surface area contributed by atoms with Crippen molar-refractivity contribution in [3.8, 4) is 5.75 Å². The Morgan fingerprint density at radius 3 is 2.60 bits per heavy atom. The first-order valence-corrected chi connectivity index (χ1v) is 6.35. The van der Waals surface area contributed by atoms with E-state index in [4.69, 9.17) is 9.84 Å². The van der Waals surface area contributed by atoms with Gasteiger partial charge in [-0.3, -0.25) is 9.69 Å². The summed E-state index contributed by atoms with van der Waals surface area (Å²) >= 11 is 0. The summed E-state index contributed by atoms with van der Waals surface area (Å²) in [7, 11) is 0. The molecule has 1 aromatic rings. The van der Waals surface area contributed by atoms with Crippen LogP contribution in [0.2, 0.25) is 0 Å². The molecule has 1 aromatic carbocycles. The number of amides is 1. The van der Waals surface area contributed by atoms with Crippen molar-refractivity contribution in [1.82, 2.24) is 0 Å². The molecule has 2 unspecified atom stereocenters. The highest BCUT2D eigenvalue weighted by atomic mass is 19.1. The van der Waals surface area contributed by atoms with Gasteiger partial charge in [-0.15, -0.1) is 0 Å². The maximum Gasteiger partial charge on any atom is 0.326 e. The number of anilines is 1. The molecule has 5 nitrogen and oxygen atoms in total. The molecule has 108 valence electrons. The van der Waals surface area contributed by atoms with Gasteiger partial charge in [0.25, 0.3) is 5.91 Å². The zero-order chi connectivity index (χ0) is 15.0. The lowest BCUT2D eigenvalue weighted by atomic mass is 10.0. The van der Waals surface area contributed by atoms with Crippen LogP contribution in [0.1, 0.15) is 20.8 Å². The molecule has 1 heterocycles. The summed E-state index contributed by atoms with van der Waals surface area (Å²) in [5.74, 6) is -1.97. The van der Waals surface area contributed by atoms with Crippen molar-refractivity contribution < 1.29 is 23.8 Å². The average molecular weight is 281 g/mol. The predicted molar refractivity (Wildman–Crippen MR) is 70.2 cm³/mol. The van der Waals surface area contributed by atoms with Crippen molar-refractivity contribution in [2.45, 2.75) is 32.9 Å². The van der Waals surface area contributed by atoms with E-state index in [0.717, 1.165) is 11.0 Å². The average Bonchev–Trinajstić information content (AvgIpc) is 2.36. The number of halogens is 1. The van der Waals surface area contributed by atoms with Crippen molar-refractivity contribution in [3.05, 3.63) is 24.0 Å². The first-order valence-electron chi connectivity index (χ1n) is 6.35. The van der Waals surface area contributed by atoms with Crippen molar-refractivity contribution >= 4 is 17.6 Å². The molecule has 20 heavy (non-hydrogen) atoms. The fourth-order valence-corrected chi connectivity index (χ4v) is 2.15. The molecular formula is C14H16FNO4. The smallest absolute Gasteiger partial charge is 0.326 e. The maximum atomic E-state index is 13.4. The third-order valence-electron chi connectivity index (χ3n) is 3.27. The van der Waals surface area contributed by atoms with Crippen LogP contribution >= 0.6 is 0 Å². The number of aliphatic carboxylic acids is 1. The van der Waals surface area contributed by atoms with E-state index in [0.29, 0.717) is 5.75 Å². The van der Waals surface area contributed by atoms with E-state index in [1.54, 1.807) is 13.8 Å². The van der Waals surface area contributed by atoms with Gasteiger partial charge in [-0.1, -0.05) is 13.8 Å². The molecule has 1 N–H and O–H groups in total. The van der Waals surface area contributed by atoms with Crippen molar-refractivity contribution in [1.29, 1.82) is 0 Å². The Bertz CT molecular complexity index is 558. The summed E-state index contributed by atoms with van der Waals surface area (Å²) in [6.45, 7) is 5.00. The van der Waals surface area contributed by atoms with E-state index >= 15 is 0 Å². The number of hydrogen-bond donors (Lipinski definition) is 1. The molecule has 6 heteroatoms. The van der Waals surface area contributed by atoms with Crippen LogP contribution < -0.4 is 9.64 Å². The van der Waals surface area contributed by atoms with Crippen LogP contribution in [0.25, 0.3) is 0 Å². The van der Waals surface area contributed by atoms with Gasteiger partial charge >= 0.3 is 5.97 Å². The standard InChI is InChI=1S/C14H16FNO4/c1-7(2)12-13(17)16(8(3)14(18)19)10-6-9(15)4-5-11(10)20-12/h4-8,12H,1-3H3,(H,18,19). The lowest BCUT2D eigenvalue weighted by Gasteiger charge is -2.37. The quantitative estimate of drug-likeness (QED) is 0.920. The summed E-state index contributed by atoms with van der Waals surface area (Å²) in [6.07, 6.45) is -0.769. The van der Waals surface area contributed by atoms with Crippen LogP contribution in [0.3, 0.4) is 0 Å². The van der Waals surface area contributed by atoms with E-state index < -0.39 is 29.8 Å². The maximum absolute atomic E-state index is 13.4. The Labute approximate surface area is 116 Å². The molecule has 0 aliphatic carbocycles. The monoisotopic (exact) mass is 281 g/mol. The molecule has 1 amide bonds. The van der Waals surface area contributed by atoms with E-state index in [1.165, 1.54) is 19.1 Å². The molecular weight excluding hydrogens is 265 g/mol. The zero-order valence-electron chi connectivity index (χ0n) is 11.5. The van der Waals surface area contributed by atoms with Gasteiger partial charge in [0.15, 0.2) is 6.10 Å². The molecule has 0 spiro atoms. The normalized spacial score (nSPS) is 19.6. The van der Waals surface area contributed by atoms with Crippen molar-refractivity contribution in [2.75, 3.05) is 4.90 Å². The highest BCUT2D eigenvalue weighted by Crippen LogP contribution is 2.37. The van der Waals surface area contributed by atoms with Gasteiger partial charge in [0.05, 0.1) is 5.69 Å². The SMILES string of the molecule is CC(C)C1Oc2ccc(F)cc2N(C(C)C(=O)O)C1=O. The van der Waals surface area contributed by atoms with Gasteiger partial charge in [0.2, 0.25) is 0 Å². The molecule has 2 atom stereocenters. The van der Waals surface area contributed by atoms with Crippen LogP contribution in [0.5, 0.6) is 5.75 Å². The molecule has 0 fully saturated rings. The number of hydrogen-bond acceptors (Lipinski definition) is 3. The Kier molecular flexibility index (Phi) is 3.65. The summed E-state index contributed by atoms with van der Waals surface area (Å²) in [5.41, 5.74) is 0.154. The Balaban J connectivity index is 2.54. The van der Waals surface area contributed by atoms with Crippen LogP contribution in [0, 0.1) is 11.7 Å². The number of fused-ring (bicyclic) bond motifs is 1. The molecule has 0 radical (unpaired) electrons. The minimum Gasteiger partial charge on any atom is -0.480 e. The first-order chi connectivity index (χ1) is 9.32. The number of carboxylic acid groups (broad SMARTS) is 1. The van der Waals surface area contributed by atoms with Crippen LogP contribution in [-0.2, 0) is 9.59 Å². The number of benzene rings is 1. The second kappa shape index (κ2) is 5.11. The Morgan fingerprint density at radius 1 is 1.40 bits per heavy atom. The number of ether oxygens (including phenoxy) is 1. The van der Waals surface area contributed by atoms with E-state index in [1.807, 2.05) is 0 Å². The first kappa shape index (κ1) is 14.3. The Morgan fingerprint density at radius 2 is 2.05 bits per heavy atom. The summed E-state index contributed by atoms with van der Waals surface area (Å²) in [6, 6.07) is 2.65. The highest BCUT2D eigenvalue weighted by molar-refractivity contribution is 6.04. The van der Waals surface area contributed by atoms with Gasteiger partial charge in [0, 0.05) is 6.07 Å². The molecule has 1 aliphatic heterocycles. The van der Waals surface area contributed by atoms with E-state index in [2.05, 4.69) is 0 Å². The Hall–Kier alpha value is -2.11. The third-order valence-corrected chi connectivity index (χ3v) is 3.27. The van der Waals surface area contributed by atoms with E-state index in [9.17, 15) is 14.0 Å². The van der Waals surface area contributed by atoms with Crippen LogP contribution in [-0.4, -0.2) is 29.1 Å². The topological polar surface area (TPSA) is 66.8 Å². The van der Waals surface area contributed by atoms with Gasteiger partial charge in [0.1, 0.15) is 17.6 Å². The third kappa shape index (κ3) is 2.33. The minimum atomic E-state index is -1.15. The van der Waals surface area contributed by atoms with E-state index in [-0.39, 0.29) is 11.6 Å². The summed E-state index contributed by atoms with van der Waals surface area (Å²) in [4.78, 5) is 24.7. The van der Waals surface area contributed by atoms with Gasteiger partial charge in [-0.05, 0) is 25.0 Å². The number of carbonyl (C=O) groups excluding carboxylic acids is 1. The second-order valence-electron chi connectivity index (χ2n) is 5.12. The summed E-state index contributed by atoms with van der Waals surface area (Å²) in [5, 5.41) is 9.14. The fourth-order valence-electron chi connectivity index (χ4n) is 2.15. The molecule has 1 aliphatic rings. The lowest BCUT2D eigenvalue weighted by molar-refractivity contribution is -0.141. The number of carboxylic acids is 1. The summed E-state index contributed by atoms with van der Waals surface area (Å²) < 4.78 is 18.9. The number of rotatable bonds is 3. The minimum absolute atomic E-state index is 0.121. The molecule has 2 rings (SSSR count). The zero-order valence-corrected chi connectivity index (χ0v) is 11.5. The highest BCUT2D eigenvalue weighted by Gasteiger charge is 2.40. The van der Waals surface area contributed by atoms with Crippen molar-refractivity contribution in [3.63, 3.8) is 0 Å². The van der Waals surface area contributed by atoms with Gasteiger partial charge < -0.3 is 9.84 Å². The molecule has 0 saturated heterocycles. The molecule has 0 bridgehead atoms. The van der Waals surface area contributed by atoms with Gasteiger partial charge in [-0.25, -0.2) is 9.18 Å². The van der Waals surface area contributed by atoms with Crippen LogP contribution in [0.15, 0.2) is 18.2 Å². The fraction of sp³-hybridized carbons (Fsp3) is 0.429. The second-order valence-corrected chi connectivity index (χ2v) is 5.12. The van der Waals surface area contributed by atoms with Crippen molar-refractivity contribution in [2.24, 2.45) is 5.92 Å². The predicted octanol–water partition coefficient (Wildman–Crippen LogP) is 2.05. The molecule has 0 aromatic heterocycles. The van der Waals surface area contributed by atoms with Crippen LogP contribution in [0.4, 0.5) is 10.1 Å². The molecule has 0 saturated carbocycles. The largest absolute Gasteiger partial charge is 0.480 e. The number of carbonyl (C=O) groups is 2. The lowest BCUT2D eigenvalue weighted by Crippen LogP contribution is -2.54. The number of nitrogens with zero attached hydrogens (tertiary/aromatic N) is 1.